The van der Waals surface area contributed by atoms with Crippen LogP contribution < -0.4 is 0 Å². The fraction of sp³-hybridized carbons (Fsp3) is 0.300. The molecule has 1 atom stereocenters. The van der Waals surface area contributed by atoms with E-state index in [1.165, 1.54) is 0 Å². The van der Waals surface area contributed by atoms with Crippen LogP contribution in [0.4, 0.5) is 0 Å². The Morgan fingerprint density at radius 2 is 2.07 bits per heavy atom. The highest BCUT2D eigenvalue weighted by Crippen LogP contribution is 2.18. The van der Waals surface area contributed by atoms with Crippen LogP contribution >= 0.6 is 34.2 Å². The van der Waals surface area contributed by atoms with Crippen LogP contribution in [0.1, 0.15) is 18.6 Å². The van der Waals surface area contributed by atoms with Crippen LogP contribution in [-0.4, -0.2) is 11.8 Å². The van der Waals surface area contributed by atoms with Gasteiger partial charge in [-0.3, -0.25) is 4.79 Å². The van der Waals surface area contributed by atoms with Crippen LogP contribution in [0.15, 0.2) is 24.3 Å². The molecule has 0 aliphatic heterocycles. The van der Waals surface area contributed by atoms with Crippen molar-refractivity contribution in [3.63, 3.8) is 0 Å². The van der Waals surface area contributed by atoms with Gasteiger partial charge < -0.3 is 4.74 Å². The third-order valence-corrected chi connectivity index (χ3v) is 2.69. The van der Waals surface area contributed by atoms with Gasteiger partial charge in [-0.1, -0.05) is 12.1 Å². The summed E-state index contributed by atoms with van der Waals surface area (Å²) in [7, 11) is 0. The van der Waals surface area contributed by atoms with Gasteiger partial charge in [0.1, 0.15) is 12.0 Å². The molecule has 1 rings (SSSR count). The van der Waals surface area contributed by atoms with Gasteiger partial charge in [0.25, 0.3) is 0 Å². The Bertz CT molecular complexity index is 310. The highest BCUT2D eigenvalue weighted by Gasteiger charge is 2.09. The molecule has 0 fully saturated rings. The number of halogens is 2. The lowest BCUT2D eigenvalue weighted by molar-refractivity contribution is -0.145. The van der Waals surface area contributed by atoms with Gasteiger partial charge in [-0.15, -0.1) is 11.6 Å². The molecule has 2 nitrogen and oxygen atoms in total. The first-order chi connectivity index (χ1) is 6.63. The lowest BCUT2D eigenvalue weighted by Gasteiger charge is -2.12. The number of benzene rings is 1. The lowest BCUT2D eigenvalue weighted by Crippen LogP contribution is -2.09. The van der Waals surface area contributed by atoms with E-state index in [-0.39, 0.29) is 12.0 Å². The predicted molar refractivity (Wildman–Crippen MR) is 64.4 cm³/mol. The Balaban J connectivity index is 2.65. The molecule has 0 heterocycles. The van der Waals surface area contributed by atoms with E-state index >= 15 is 0 Å². The zero-order chi connectivity index (χ0) is 10.6. The molecule has 0 radical (unpaired) electrons. The average Bonchev–Trinajstić information content (AvgIpc) is 2.18. The van der Waals surface area contributed by atoms with Crippen LogP contribution in [0.2, 0.25) is 0 Å². The fourth-order valence-electron chi connectivity index (χ4n) is 1.03. The van der Waals surface area contributed by atoms with Crippen molar-refractivity contribution in [3.05, 3.63) is 33.4 Å². The van der Waals surface area contributed by atoms with E-state index in [9.17, 15) is 4.79 Å². The van der Waals surface area contributed by atoms with Crippen LogP contribution in [0, 0.1) is 3.57 Å². The van der Waals surface area contributed by atoms with Gasteiger partial charge in [0.05, 0.1) is 0 Å². The van der Waals surface area contributed by atoms with Crippen molar-refractivity contribution in [2.75, 3.05) is 5.88 Å². The smallest absolute Gasteiger partial charge is 0.321 e. The first-order valence-corrected chi connectivity index (χ1v) is 5.75. The van der Waals surface area contributed by atoms with E-state index in [0.717, 1.165) is 9.13 Å². The molecule has 0 aliphatic rings. The van der Waals surface area contributed by atoms with E-state index < -0.39 is 5.97 Å². The summed E-state index contributed by atoms with van der Waals surface area (Å²) >= 11 is 7.56. The number of carbonyl (C=O) groups excluding carboxylic acids is 1. The van der Waals surface area contributed by atoms with Crippen LogP contribution in [0.25, 0.3) is 0 Å². The molecule has 0 amide bonds. The molecule has 76 valence electrons. The van der Waals surface area contributed by atoms with Gasteiger partial charge in [-0.2, -0.15) is 0 Å². The summed E-state index contributed by atoms with van der Waals surface area (Å²) in [4.78, 5) is 10.9. The molecule has 1 aromatic rings. The fourth-order valence-corrected chi connectivity index (χ4v) is 1.45. The monoisotopic (exact) mass is 324 g/mol. The Morgan fingerprint density at radius 1 is 1.50 bits per heavy atom. The maximum Gasteiger partial charge on any atom is 0.321 e. The molecule has 1 aromatic carbocycles. The largest absolute Gasteiger partial charge is 0.457 e. The molecule has 4 heteroatoms. The standard InChI is InChI=1S/C10H10ClIO2/c1-7(14-10(13)6-11)8-2-4-9(12)5-3-8/h2-5,7H,6H2,1H3/t7-/m0/s1. The van der Waals surface area contributed by atoms with Gasteiger partial charge >= 0.3 is 5.97 Å². The number of hydrogen-bond donors (Lipinski definition) is 0. The van der Waals surface area contributed by atoms with Gasteiger partial charge in [0.2, 0.25) is 0 Å². The maximum atomic E-state index is 10.9. The Morgan fingerprint density at radius 3 is 2.57 bits per heavy atom. The van der Waals surface area contributed by atoms with E-state index in [2.05, 4.69) is 22.6 Å². The molecule has 0 N–H and O–H groups in total. The summed E-state index contributed by atoms with van der Waals surface area (Å²) in [5, 5.41) is 0. The Kier molecular flexibility index (Phi) is 4.68. The summed E-state index contributed by atoms with van der Waals surface area (Å²) in [6.45, 7) is 1.83. The first-order valence-electron chi connectivity index (χ1n) is 4.14. The maximum absolute atomic E-state index is 10.9. The highest BCUT2D eigenvalue weighted by molar-refractivity contribution is 14.1. The van der Waals surface area contributed by atoms with Crippen LogP contribution in [-0.2, 0) is 9.53 Å². The third kappa shape index (κ3) is 3.46. The zero-order valence-corrected chi connectivity index (χ0v) is 10.6. The summed E-state index contributed by atoms with van der Waals surface area (Å²) in [6.07, 6.45) is -0.238. The minimum absolute atomic E-state index is 0.102. The molecule has 14 heavy (non-hydrogen) atoms. The molecule has 0 saturated heterocycles. The minimum atomic E-state index is -0.391. The molecule has 0 aliphatic carbocycles. The Labute approximate surface area is 102 Å². The number of ether oxygens (including phenoxy) is 1. The second kappa shape index (κ2) is 5.56. The molecular weight excluding hydrogens is 314 g/mol. The van der Waals surface area contributed by atoms with Crippen molar-refractivity contribution in [1.82, 2.24) is 0 Å². The van der Waals surface area contributed by atoms with Gasteiger partial charge in [0.15, 0.2) is 0 Å². The molecule has 0 bridgehead atoms. The van der Waals surface area contributed by atoms with E-state index in [1.807, 2.05) is 31.2 Å². The van der Waals surface area contributed by atoms with Crippen molar-refractivity contribution in [2.24, 2.45) is 0 Å². The van der Waals surface area contributed by atoms with Crippen molar-refractivity contribution < 1.29 is 9.53 Å². The minimum Gasteiger partial charge on any atom is -0.457 e. The molecule has 0 saturated carbocycles. The molecule has 0 spiro atoms. The summed E-state index contributed by atoms with van der Waals surface area (Å²) < 4.78 is 6.21. The topological polar surface area (TPSA) is 26.3 Å². The SMILES string of the molecule is C[C@H](OC(=O)CCl)c1ccc(I)cc1. The second-order valence-corrected chi connectivity index (χ2v) is 4.33. The zero-order valence-electron chi connectivity index (χ0n) is 7.67. The second-order valence-electron chi connectivity index (χ2n) is 2.82. The van der Waals surface area contributed by atoms with Crippen LogP contribution in [0.5, 0.6) is 0 Å². The lowest BCUT2D eigenvalue weighted by atomic mass is 10.1. The van der Waals surface area contributed by atoms with E-state index in [0.29, 0.717) is 0 Å². The number of carbonyl (C=O) groups is 1. The number of esters is 1. The van der Waals surface area contributed by atoms with Crippen molar-refractivity contribution in [1.29, 1.82) is 0 Å². The highest BCUT2D eigenvalue weighted by atomic mass is 127. The van der Waals surface area contributed by atoms with Crippen molar-refractivity contribution in [3.8, 4) is 0 Å². The van der Waals surface area contributed by atoms with Crippen molar-refractivity contribution >= 4 is 40.2 Å². The normalized spacial score (nSPS) is 12.2. The number of alkyl halides is 1. The van der Waals surface area contributed by atoms with Gasteiger partial charge in [-0.25, -0.2) is 0 Å². The van der Waals surface area contributed by atoms with Crippen LogP contribution in [0.3, 0.4) is 0 Å². The van der Waals surface area contributed by atoms with E-state index in [4.69, 9.17) is 16.3 Å². The number of hydrogen-bond acceptors (Lipinski definition) is 2. The summed E-state index contributed by atoms with van der Waals surface area (Å²) in [6, 6.07) is 7.82. The molecular formula is C10H10ClIO2. The van der Waals surface area contributed by atoms with Gasteiger partial charge in [-0.05, 0) is 47.2 Å². The van der Waals surface area contributed by atoms with Gasteiger partial charge in [0, 0.05) is 3.57 Å². The third-order valence-electron chi connectivity index (χ3n) is 1.76. The first kappa shape index (κ1) is 11.8. The summed E-state index contributed by atoms with van der Waals surface area (Å²) in [5.41, 5.74) is 0.976. The predicted octanol–water partition coefficient (Wildman–Crippen LogP) is 3.13. The van der Waals surface area contributed by atoms with E-state index in [1.54, 1.807) is 0 Å². The quantitative estimate of drug-likeness (QED) is 0.485. The van der Waals surface area contributed by atoms with Crippen molar-refractivity contribution in [2.45, 2.75) is 13.0 Å². The Hall–Kier alpha value is -0.290. The summed E-state index contributed by atoms with van der Waals surface area (Å²) in [5.74, 6) is -0.493. The molecule has 0 aromatic heterocycles. The molecule has 0 unspecified atom stereocenters. The average molecular weight is 325 g/mol. The number of rotatable bonds is 3.